The summed E-state index contributed by atoms with van der Waals surface area (Å²) in [6.45, 7) is 2.41. The first-order chi connectivity index (χ1) is 10.1. The molecule has 1 fully saturated rings. The Morgan fingerprint density at radius 1 is 1.33 bits per heavy atom. The third-order valence-corrected chi connectivity index (χ3v) is 3.94. The number of carboxylic acid groups (broad SMARTS) is 1. The Kier molecular flexibility index (Phi) is 3.33. The number of likely N-dealkylation sites (tertiary alicyclic amines) is 1. The number of aryl methyl sites for hydroxylation is 1. The van der Waals surface area contributed by atoms with E-state index in [4.69, 9.17) is 0 Å². The van der Waals surface area contributed by atoms with Crippen molar-refractivity contribution >= 4 is 22.8 Å². The molecule has 2 heterocycles. The van der Waals surface area contributed by atoms with Crippen LogP contribution in [0.5, 0.6) is 0 Å². The summed E-state index contributed by atoms with van der Waals surface area (Å²) >= 11 is 0. The molecule has 5 heteroatoms. The number of carbonyl (C=O) groups is 2. The number of fused-ring (bicyclic) bond motifs is 1. The molecule has 0 spiro atoms. The number of nitrogens with zero attached hydrogens (tertiary/aromatic N) is 2. The molecule has 1 saturated heterocycles. The van der Waals surface area contributed by atoms with Gasteiger partial charge in [0.1, 0.15) is 11.7 Å². The molecule has 0 unspecified atom stereocenters. The smallest absolute Gasteiger partial charge is 0.326 e. The third-order valence-electron chi connectivity index (χ3n) is 3.94. The van der Waals surface area contributed by atoms with E-state index in [0.29, 0.717) is 18.7 Å². The fourth-order valence-corrected chi connectivity index (χ4v) is 2.87. The van der Waals surface area contributed by atoms with Crippen molar-refractivity contribution in [2.75, 3.05) is 6.54 Å². The van der Waals surface area contributed by atoms with Gasteiger partial charge in [-0.05, 0) is 37.5 Å². The van der Waals surface area contributed by atoms with Crippen molar-refractivity contribution in [1.29, 1.82) is 0 Å². The highest BCUT2D eigenvalue weighted by atomic mass is 16.4. The van der Waals surface area contributed by atoms with Gasteiger partial charge in [0.2, 0.25) is 0 Å². The Balaban J connectivity index is 2.00. The number of pyridine rings is 1. The second kappa shape index (κ2) is 5.16. The van der Waals surface area contributed by atoms with Crippen LogP contribution in [0.1, 0.15) is 28.9 Å². The summed E-state index contributed by atoms with van der Waals surface area (Å²) in [5.74, 6) is -1.24. The molecule has 1 amide bonds. The topological polar surface area (TPSA) is 70.5 Å². The number of aliphatic carboxylic acids is 1. The summed E-state index contributed by atoms with van der Waals surface area (Å²) in [6.07, 6.45) is 1.23. The molecule has 1 atom stereocenters. The van der Waals surface area contributed by atoms with Gasteiger partial charge in [-0.3, -0.25) is 4.79 Å². The van der Waals surface area contributed by atoms with Crippen LogP contribution in [0.4, 0.5) is 0 Å². The first-order valence-electron chi connectivity index (χ1n) is 6.98. The van der Waals surface area contributed by atoms with Crippen LogP contribution in [0.25, 0.3) is 10.9 Å². The molecule has 1 aromatic heterocycles. The van der Waals surface area contributed by atoms with Crippen molar-refractivity contribution in [3.05, 3.63) is 41.6 Å². The standard InChI is InChI=1S/C16H16N2O3/c1-10-9-13(17-12-6-3-2-5-11(10)12)15(19)18-8-4-7-14(18)16(20)21/h2-3,5-6,9,14H,4,7-8H2,1H3,(H,20,21)/t14-/m1/s1. The summed E-state index contributed by atoms with van der Waals surface area (Å²) in [6, 6.07) is 8.63. The highest BCUT2D eigenvalue weighted by molar-refractivity contribution is 5.98. The van der Waals surface area contributed by atoms with Gasteiger partial charge in [0, 0.05) is 11.9 Å². The lowest BCUT2D eigenvalue weighted by atomic mass is 10.1. The molecule has 21 heavy (non-hydrogen) atoms. The largest absolute Gasteiger partial charge is 0.480 e. The number of amides is 1. The molecule has 0 radical (unpaired) electrons. The fourth-order valence-electron chi connectivity index (χ4n) is 2.87. The van der Waals surface area contributed by atoms with Crippen molar-refractivity contribution in [1.82, 2.24) is 9.88 Å². The fraction of sp³-hybridized carbons (Fsp3) is 0.312. The van der Waals surface area contributed by atoms with E-state index in [0.717, 1.165) is 22.9 Å². The van der Waals surface area contributed by atoms with Gasteiger partial charge in [-0.25, -0.2) is 9.78 Å². The van der Waals surface area contributed by atoms with Gasteiger partial charge in [-0.15, -0.1) is 0 Å². The second-order valence-electron chi connectivity index (χ2n) is 5.34. The molecule has 2 aromatic rings. The molecule has 1 aromatic carbocycles. The number of hydrogen-bond donors (Lipinski definition) is 1. The maximum atomic E-state index is 12.6. The Labute approximate surface area is 122 Å². The van der Waals surface area contributed by atoms with Gasteiger partial charge in [0.05, 0.1) is 5.52 Å². The molecule has 5 nitrogen and oxygen atoms in total. The number of carbonyl (C=O) groups excluding carboxylic acids is 1. The molecule has 1 aliphatic heterocycles. The Bertz CT molecular complexity index is 727. The van der Waals surface area contributed by atoms with E-state index in [1.807, 2.05) is 31.2 Å². The maximum absolute atomic E-state index is 12.6. The van der Waals surface area contributed by atoms with E-state index < -0.39 is 12.0 Å². The maximum Gasteiger partial charge on any atom is 0.326 e. The summed E-state index contributed by atoms with van der Waals surface area (Å²) in [5, 5.41) is 10.2. The number of rotatable bonds is 2. The first-order valence-corrected chi connectivity index (χ1v) is 6.98. The average Bonchev–Trinajstić information content (AvgIpc) is 2.96. The lowest BCUT2D eigenvalue weighted by Gasteiger charge is -2.21. The molecular formula is C16H16N2O3. The van der Waals surface area contributed by atoms with Crippen molar-refractivity contribution < 1.29 is 14.7 Å². The van der Waals surface area contributed by atoms with Gasteiger partial charge >= 0.3 is 5.97 Å². The van der Waals surface area contributed by atoms with Crippen LogP contribution < -0.4 is 0 Å². The second-order valence-corrected chi connectivity index (χ2v) is 5.34. The number of carboxylic acids is 1. The zero-order valence-corrected chi connectivity index (χ0v) is 11.7. The zero-order valence-electron chi connectivity index (χ0n) is 11.7. The van der Waals surface area contributed by atoms with Crippen LogP contribution in [0.15, 0.2) is 30.3 Å². The molecule has 1 N–H and O–H groups in total. The van der Waals surface area contributed by atoms with Crippen molar-refractivity contribution in [3.63, 3.8) is 0 Å². The number of para-hydroxylation sites is 1. The Hall–Kier alpha value is -2.43. The summed E-state index contributed by atoms with van der Waals surface area (Å²) < 4.78 is 0. The Morgan fingerprint density at radius 3 is 2.86 bits per heavy atom. The summed E-state index contributed by atoms with van der Waals surface area (Å²) in [4.78, 5) is 29.6. The van der Waals surface area contributed by atoms with E-state index >= 15 is 0 Å². The predicted molar refractivity (Wildman–Crippen MR) is 78.2 cm³/mol. The van der Waals surface area contributed by atoms with E-state index in [-0.39, 0.29) is 5.91 Å². The van der Waals surface area contributed by atoms with Crippen LogP contribution in [-0.2, 0) is 4.79 Å². The molecular weight excluding hydrogens is 268 g/mol. The highest BCUT2D eigenvalue weighted by Gasteiger charge is 2.35. The number of hydrogen-bond acceptors (Lipinski definition) is 3. The van der Waals surface area contributed by atoms with Crippen LogP contribution in [0.2, 0.25) is 0 Å². The monoisotopic (exact) mass is 284 g/mol. The normalized spacial score (nSPS) is 18.1. The predicted octanol–water partition coefficient (Wildman–Crippen LogP) is 2.23. The van der Waals surface area contributed by atoms with Crippen molar-refractivity contribution in [2.24, 2.45) is 0 Å². The summed E-state index contributed by atoms with van der Waals surface area (Å²) in [5.41, 5.74) is 2.04. The lowest BCUT2D eigenvalue weighted by Crippen LogP contribution is -2.40. The Morgan fingerprint density at radius 2 is 2.10 bits per heavy atom. The van der Waals surface area contributed by atoms with Gasteiger partial charge in [0.25, 0.3) is 5.91 Å². The van der Waals surface area contributed by atoms with Crippen LogP contribution >= 0.6 is 0 Å². The van der Waals surface area contributed by atoms with Crippen LogP contribution in [-0.4, -0.2) is 39.5 Å². The third kappa shape index (κ3) is 2.35. The van der Waals surface area contributed by atoms with Crippen molar-refractivity contribution in [2.45, 2.75) is 25.8 Å². The van der Waals surface area contributed by atoms with Gasteiger partial charge in [-0.2, -0.15) is 0 Å². The van der Waals surface area contributed by atoms with E-state index in [1.165, 1.54) is 4.90 Å². The average molecular weight is 284 g/mol. The molecule has 3 rings (SSSR count). The zero-order chi connectivity index (χ0) is 15.0. The number of aromatic nitrogens is 1. The van der Waals surface area contributed by atoms with Gasteiger partial charge in [0.15, 0.2) is 0 Å². The highest BCUT2D eigenvalue weighted by Crippen LogP contribution is 2.22. The molecule has 0 aliphatic carbocycles. The summed E-state index contributed by atoms with van der Waals surface area (Å²) in [7, 11) is 0. The van der Waals surface area contributed by atoms with Gasteiger partial charge < -0.3 is 10.0 Å². The molecule has 1 aliphatic rings. The minimum Gasteiger partial charge on any atom is -0.480 e. The minimum absolute atomic E-state index is 0.297. The van der Waals surface area contributed by atoms with E-state index in [9.17, 15) is 14.7 Å². The SMILES string of the molecule is Cc1cc(C(=O)N2CCC[C@@H]2C(=O)O)nc2ccccc12. The van der Waals surface area contributed by atoms with E-state index in [1.54, 1.807) is 6.07 Å². The lowest BCUT2D eigenvalue weighted by molar-refractivity contribution is -0.141. The van der Waals surface area contributed by atoms with Crippen LogP contribution in [0.3, 0.4) is 0 Å². The van der Waals surface area contributed by atoms with Gasteiger partial charge in [-0.1, -0.05) is 18.2 Å². The molecule has 0 saturated carbocycles. The number of benzene rings is 1. The minimum atomic E-state index is -0.946. The van der Waals surface area contributed by atoms with E-state index in [2.05, 4.69) is 4.98 Å². The van der Waals surface area contributed by atoms with Crippen LogP contribution in [0, 0.1) is 6.92 Å². The first kappa shape index (κ1) is 13.5. The molecule has 108 valence electrons. The van der Waals surface area contributed by atoms with Crippen molar-refractivity contribution in [3.8, 4) is 0 Å². The quantitative estimate of drug-likeness (QED) is 0.918. The molecule has 0 bridgehead atoms.